The molecule has 1 saturated heterocycles. The molecule has 0 aromatic carbocycles. The zero-order valence-corrected chi connectivity index (χ0v) is 10.6. The van der Waals surface area contributed by atoms with Crippen LogP contribution in [-0.4, -0.2) is 29.7 Å². The molecule has 0 aromatic heterocycles. The maximum atomic E-state index is 11.3. The minimum atomic E-state index is -0.432. The first-order valence-electron chi connectivity index (χ1n) is 6.34. The van der Waals surface area contributed by atoms with Gasteiger partial charge in [-0.05, 0) is 35.7 Å². The minimum Gasteiger partial charge on any atom is -0.275 e. The Hall–Kier alpha value is -1.65. The van der Waals surface area contributed by atoms with Crippen LogP contribution in [0.2, 0.25) is 0 Å². The molecule has 0 radical (unpaired) electrons. The van der Waals surface area contributed by atoms with E-state index in [1.165, 1.54) is 17.0 Å². The second kappa shape index (κ2) is 3.67. The van der Waals surface area contributed by atoms with Crippen molar-refractivity contribution in [3.63, 3.8) is 0 Å². The van der Waals surface area contributed by atoms with Gasteiger partial charge in [0.1, 0.15) is 6.54 Å². The molecule has 5 heteroatoms. The van der Waals surface area contributed by atoms with Gasteiger partial charge in [-0.2, -0.15) is 5.10 Å². The number of amides is 3. The van der Waals surface area contributed by atoms with Gasteiger partial charge in [-0.15, -0.1) is 0 Å². The molecule has 18 heavy (non-hydrogen) atoms. The molecule has 1 aliphatic heterocycles. The summed E-state index contributed by atoms with van der Waals surface area (Å²) in [6, 6.07) is -0.432. The van der Waals surface area contributed by atoms with Crippen molar-refractivity contribution in [3.05, 3.63) is 11.6 Å². The van der Waals surface area contributed by atoms with Crippen LogP contribution in [0.15, 0.2) is 16.8 Å². The van der Waals surface area contributed by atoms with Crippen molar-refractivity contribution in [1.82, 2.24) is 10.3 Å². The summed E-state index contributed by atoms with van der Waals surface area (Å²) < 4.78 is 0. The molecule has 3 aliphatic carbocycles. The predicted octanol–water partition coefficient (Wildman–Crippen LogP) is 1.52. The monoisotopic (exact) mass is 247 g/mol. The number of nitrogens with one attached hydrogen (secondary N) is 1. The molecular weight excluding hydrogens is 230 g/mol. The number of allylic oxidation sites excluding steroid dienone is 2. The highest BCUT2D eigenvalue weighted by Gasteiger charge is 2.50. The molecule has 4 aliphatic rings. The van der Waals surface area contributed by atoms with Crippen LogP contribution in [-0.2, 0) is 4.79 Å². The van der Waals surface area contributed by atoms with Gasteiger partial charge >= 0.3 is 6.03 Å². The summed E-state index contributed by atoms with van der Waals surface area (Å²) in [5, 5.41) is 7.51. The Labute approximate surface area is 106 Å². The zero-order valence-electron chi connectivity index (χ0n) is 10.6. The molecule has 96 valence electrons. The molecule has 3 amide bonds. The van der Waals surface area contributed by atoms with Crippen molar-refractivity contribution < 1.29 is 9.59 Å². The molecule has 2 bridgehead atoms. The standard InChI is InChI=1S/C13H17N3O2/c1-13(2)9-4-3-8(10(13)5-9)6-14-16-7-11(17)15-12(16)18/h3,6,9-10H,4-5,7H2,1-2H3,(H,15,17,18)/b14-6+. The fourth-order valence-electron chi connectivity index (χ4n) is 3.21. The number of hydrogen-bond donors (Lipinski definition) is 1. The fraction of sp³-hybridized carbons (Fsp3) is 0.615. The molecule has 1 N–H and O–H groups in total. The Kier molecular flexibility index (Phi) is 2.33. The summed E-state index contributed by atoms with van der Waals surface area (Å²) in [6.07, 6.45) is 6.27. The van der Waals surface area contributed by atoms with E-state index in [2.05, 4.69) is 30.3 Å². The smallest absolute Gasteiger partial charge is 0.275 e. The van der Waals surface area contributed by atoms with Crippen molar-refractivity contribution in [3.8, 4) is 0 Å². The third-order valence-electron chi connectivity index (χ3n) is 4.63. The summed E-state index contributed by atoms with van der Waals surface area (Å²) in [5.41, 5.74) is 1.55. The summed E-state index contributed by atoms with van der Waals surface area (Å²) >= 11 is 0. The summed E-state index contributed by atoms with van der Waals surface area (Å²) in [6.45, 7) is 4.61. The highest BCUT2D eigenvalue weighted by Crippen LogP contribution is 2.58. The molecule has 5 nitrogen and oxygen atoms in total. The second-order valence-corrected chi connectivity index (χ2v) is 5.90. The van der Waals surface area contributed by atoms with Crippen molar-refractivity contribution in [2.24, 2.45) is 22.4 Å². The van der Waals surface area contributed by atoms with E-state index in [1.54, 1.807) is 6.21 Å². The number of fused-ring (bicyclic) bond motifs is 1. The molecule has 0 aromatic rings. The van der Waals surface area contributed by atoms with Crippen molar-refractivity contribution in [2.45, 2.75) is 26.7 Å². The summed E-state index contributed by atoms with van der Waals surface area (Å²) in [7, 11) is 0. The Bertz CT molecular complexity index is 479. The average Bonchev–Trinajstić information content (AvgIpc) is 2.65. The maximum absolute atomic E-state index is 11.3. The van der Waals surface area contributed by atoms with Crippen LogP contribution < -0.4 is 5.32 Å². The topological polar surface area (TPSA) is 61.8 Å². The molecule has 1 saturated carbocycles. The van der Waals surface area contributed by atoms with E-state index in [0.717, 1.165) is 12.3 Å². The van der Waals surface area contributed by atoms with Gasteiger partial charge in [-0.1, -0.05) is 19.9 Å². The number of rotatable bonds is 2. The van der Waals surface area contributed by atoms with Crippen LogP contribution >= 0.6 is 0 Å². The number of nitrogens with zero attached hydrogens (tertiary/aromatic N) is 2. The van der Waals surface area contributed by atoms with E-state index in [9.17, 15) is 9.59 Å². The van der Waals surface area contributed by atoms with Crippen molar-refractivity contribution in [1.29, 1.82) is 0 Å². The van der Waals surface area contributed by atoms with Crippen molar-refractivity contribution in [2.75, 3.05) is 6.54 Å². The van der Waals surface area contributed by atoms with Crippen LogP contribution in [0.25, 0.3) is 0 Å². The predicted molar refractivity (Wildman–Crippen MR) is 66.8 cm³/mol. The fourth-order valence-corrected chi connectivity index (χ4v) is 3.21. The number of carbonyl (C=O) groups excluding carboxylic acids is 2. The van der Waals surface area contributed by atoms with E-state index in [-0.39, 0.29) is 12.5 Å². The molecule has 2 atom stereocenters. The van der Waals surface area contributed by atoms with Crippen LogP contribution in [0.3, 0.4) is 0 Å². The molecule has 0 spiro atoms. The number of carbonyl (C=O) groups is 2. The quantitative estimate of drug-likeness (QED) is 0.594. The van der Waals surface area contributed by atoms with E-state index >= 15 is 0 Å². The molecule has 4 rings (SSSR count). The van der Waals surface area contributed by atoms with Gasteiger partial charge in [-0.25, -0.2) is 9.80 Å². The third-order valence-corrected chi connectivity index (χ3v) is 4.63. The Morgan fingerprint density at radius 1 is 1.50 bits per heavy atom. The highest BCUT2D eigenvalue weighted by atomic mass is 16.2. The van der Waals surface area contributed by atoms with Crippen LogP contribution in [0.4, 0.5) is 4.79 Å². The van der Waals surface area contributed by atoms with E-state index < -0.39 is 6.03 Å². The molecular formula is C13H17N3O2. The highest BCUT2D eigenvalue weighted by molar-refractivity contribution is 6.02. The number of hydrogen-bond acceptors (Lipinski definition) is 3. The second-order valence-electron chi connectivity index (χ2n) is 5.90. The lowest BCUT2D eigenvalue weighted by atomic mass is 9.49. The molecule has 2 fully saturated rings. The van der Waals surface area contributed by atoms with Crippen LogP contribution in [0.1, 0.15) is 26.7 Å². The first kappa shape index (κ1) is 11.4. The number of imide groups is 1. The Morgan fingerprint density at radius 2 is 2.28 bits per heavy atom. The van der Waals surface area contributed by atoms with Gasteiger partial charge in [0.25, 0.3) is 0 Å². The van der Waals surface area contributed by atoms with Crippen molar-refractivity contribution >= 4 is 18.2 Å². The largest absolute Gasteiger partial charge is 0.344 e. The maximum Gasteiger partial charge on any atom is 0.344 e. The van der Waals surface area contributed by atoms with Gasteiger partial charge in [0.05, 0.1) is 6.21 Å². The van der Waals surface area contributed by atoms with E-state index in [0.29, 0.717) is 11.3 Å². The third kappa shape index (κ3) is 1.57. The Balaban J connectivity index is 1.72. The van der Waals surface area contributed by atoms with E-state index in [4.69, 9.17) is 0 Å². The minimum absolute atomic E-state index is 0.0271. The summed E-state index contributed by atoms with van der Waals surface area (Å²) in [4.78, 5) is 22.4. The van der Waals surface area contributed by atoms with Gasteiger partial charge in [-0.3, -0.25) is 10.1 Å². The SMILES string of the molecule is CC1(C)C2CC=C(/C=N/N3CC(=O)NC3=O)C1C2. The van der Waals surface area contributed by atoms with E-state index in [1.807, 2.05) is 0 Å². The average molecular weight is 247 g/mol. The number of urea groups is 1. The normalized spacial score (nSPS) is 33.4. The Morgan fingerprint density at radius 3 is 2.83 bits per heavy atom. The van der Waals surface area contributed by atoms with Crippen LogP contribution in [0, 0.1) is 17.3 Å². The lowest BCUT2D eigenvalue weighted by Gasteiger charge is -2.55. The first-order chi connectivity index (χ1) is 8.48. The van der Waals surface area contributed by atoms with Gasteiger partial charge in [0.2, 0.25) is 5.91 Å². The lowest BCUT2D eigenvalue weighted by Crippen LogP contribution is -2.48. The zero-order chi connectivity index (χ0) is 12.9. The summed E-state index contributed by atoms with van der Waals surface area (Å²) in [5.74, 6) is 1.04. The molecule has 1 heterocycles. The van der Waals surface area contributed by atoms with Gasteiger partial charge in [0.15, 0.2) is 0 Å². The van der Waals surface area contributed by atoms with Gasteiger partial charge in [0, 0.05) is 0 Å². The number of hydrazone groups is 1. The van der Waals surface area contributed by atoms with Crippen LogP contribution in [0.5, 0.6) is 0 Å². The molecule has 2 unspecified atom stereocenters. The first-order valence-corrected chi connectivity index (χ1v) is 6.34. The lowest BCUT2D eigenvalue weighted by molar-refractivity contribution is -0.118. The van der Waals surface area contributed by atoms with Gasteiger partial charge < -0.3 is 0 Å².